The van der Waals surface area contributed by atoms with Gasteiger partial charge in [-0.2, -0.15) is 0 Å². The zero-order valence-electron chi connectivity index (χ0n) is 16.0. The lowest BCUT2D eigenvalue weighted by molar-refractivity contribution is 0.555. The van der Waals surface area contributed by atoms with Crippen molar-refractivity contribution in [2.45, 2.75) is 33.1 Å². The number of rotatable bonds is 8. The predicted molar refractivity (Wildman–Crippen MR) is 119 cm³/mol. The average molecular weight is 361 g/mol. The lowest BCUT2D eigenvalue weighted by Gasteiger charge is -2.30. The van der Waals surface area contributed by atoms with Crippen molar-refractivity contribution >= 4 is 23.2 Å². The molecule has 0 amide bonds. The second-order valence-electron chi connectivity index (χ2n) is 7.25. The van der Waals surface area contributed by atoms with Gasteiger partial charge in [0.2, 0.25) is 0 Å². The van der Waals surface area contributed by atoms with E-state index in [1.54, 1.807) is 0 Å². The lowest BCUT2D eigenvalue weighted by Crippen LogP contribution is -2.35. The molecule has 0 N–H and O–H groups in total. The van der Waals surface area contributed by atoms with Crippen LogP contribution in [0.3, 0.4) is 0 Å². The largest absolute Gasteiger partial charge is 0.112 e. The van der Waals surface area contributed by atoms with Crippen LogP contribution >= 0.6 is 7.26 Å². The Kier molecular flexibility index (Phi) is 6.64. The Morgan fingerprint density at radius 2 is 1.04 bits per heavy atom. The summed E-state index contributed by atoms with van der Waals surface area (Å²) in [4.78, 5) is 0. The third kappa shape index (κ3) is 4.08. The second-order valence-corrected chi connectivity index (χ2v) is 10.8. The molecule has 0 aromatic heterocycles. The van der Waals surface area contributed by atoms with Crippen LogP contribution in [0.4, 0.5) is 0 Å². The van der Waals surface area contributed by atoms with Crippen molar-refractivity contribution in [2.24, 2.45) is 5.92 Å². The van der Waals surface area contributed by atoms with Gasteiger partial charge in [0.25, 0.3) is 0 Å². The minimum absolute atomic E-state index is 0.712. The first kappa shape index (κ1) is 18.9. The van der Waals surface area contributed by atoms with Gasteiger partial charge in [0.05, 0.1) is 6.16 Å². The Balaban J connectivity index is 2.18. The van der Waals surface area contributed by atoms with Gasteiger partial charge in [0.1, 0.15) is 23.2 Å². The van der Waals surface area contributed by atoms with Crippen LogP contribution in [0.5, 0.6) is 0 Å². The van der Waals surface area contributed by atoms with Crippen molar-refractivity contribution in [2.75, 3.05) is 6.16 Å². The maximum atomic E-state index is 2.44. The fraction of sp³-hybridized carbons (Fsp3) is 0.280. The topological polar surface area (TPSA) is 0 Å². The summed E-state index contributed by atoms with van der Waals surface area (Å²) < 4.78 is 0. The van der Waals surface area contributed by atoms with E-state index in [0.717, 1.165) is 0 Å². The van der Waals surface area contributed by atoms with Crippen LogP contribution in [0.1, 0.15) is 33.1 Å². The van der Waals surface area contributed by atoms with Gasteiger partial charge in [-0.1, -0.05) is 81.3 Å². The zero-order chi connectivity index (χ0) is 18.2. The molecule has 0 nitrogen and oxygen atoms in total. The molecule has 0 bridgehead atoms. The minimum atomic E-state index is -1.65. The van der Waals surface area contributed by atoms with Gasteiger partial charge in [0.15, 0.2) is 0 Å². The quantitative estimate of drug-likeness (QED) is 0.444. The molecule has 0 radical (unpaired) electrons. The van der Waals surface area contributed by atoms with E-state index in [1.807, 2.05) is 0 Å². The Morgan fingerprint density at radius 3 is 1.38 bits per heavy atom. The van der Waals surface area contributed by atoms with Crippen molar-refractivity contribution in [3.63, 3.8) is 0 Å². The standard InChI is InChI=1S/C25H30P/c1-3-4-14-22(2)21-26(23-15-8-5-9-16-23,24-17-10-6-11-18-24)25-19-12-7-13-20-25/h5-13,15-20,22H,3-4,14,21H2,1-2H3/q+1. The molecule has 0 heterocycles. The van der Waals surface area contributed by atoms with Crippen LogP contribution in [0.2, 0.25) is 0 Å². The number of hydrogen-bond acceptors (Lipinski definition) is 0. The van der Waals surface area contributed by atoms with E-state index in [2.05, 4.69) is 105 Å². The average Bonchev–Trinajstić information content (AvgIpc) is 2.72. The van der Waals surface area contributed by atoms with E-state index in [1.165, 1.54) is 41.3 Å². The summed E-state index contributed by atoms with van der Waals surface area (Å²) >= 11 is 0. The fourth-order valence-corrected chi connectivity index (χ4v) is 8.61. The molecular weight excluding hydrogens is 331 g/mol. The Morgan fingerprint density at radius 1 is 0.654 bits per heavy atom. The summed E-state index contributed by atoms with van der Waals surface area (Å²) in [5.41, 5.74) is 0. The Labute approximate surface area is 159 Å². The molecule has 0 spiro atoms. The molecule has 1 atom stereocenters. The highest BCUT2D eigenvalue weighted by atomic mass is 31.2. The van der Waals surface area contributed by atoms with E-state index < -0.39 is 7.26 Å². The molecule has 0 saturated heterocycles. The van der Waals surface area contributed by atoms with E-state index in [-0.39, 0.29) is 0 Å². The van der Waals surface area contributed by atoms with E-state index >= 15 is 0 Å². The monoisotopic (exact) mass is 361 g/mol. The first-order valence-electron chi connectivity index (χ1n) is 9.82. The summed E-state index contributed by atoms with van der Waals surface area (Å²) in [6.45, 7) is 4.74. The summed E-state index contributed by atoms with van der Waals surface area (Å²) in [5.74, 6) is 0.712. The maximum Gasteiger partial charge on any atom is 0.112 e. The van der Waals surface area contributed by atoms with Crippen molar-refractivity contribution in [3.05, 3.63) is 91.0 Å². The smallest absolute Gasteiger partial charge is 0.0654 e. The molecule has 3 rings (SSSR count). The predicted octanol–water partition coefficient (Wildman–Crippen LogP) is 5.81. The molecule has 0 aliphatic rings. The molecule has 1 unspecified atom stereocenters. The van der Waals surface area contributed by atoms with Crippen LogP contribution in [-0.2, 0) is 0 Å². The van der Waals surface area contributed by atoms with Crippen molar-refractivity contribution in [3.8, 4) is 0 Å². The van der Waals surface area contributed by atoms with Gasteiger partial charge in [-0.15, -0.1) is 0 Å². The molecule has 3 aromatic carbocycles. The van der Waals surface area contributed by atoms with Crippen molar-refractivity contribution in [1.29, 1.82) is 0 Å². The summed E-state index contributed by atoms with van der Waals surface area (Å²) in [5, 5.41) is 4.50. The molecule has 26 heavy (non-hydrogen) atoms. The van der Waals surface area contributed by atoms with Gasteiger partial charge in [-0.05, 0) is 48.7 Å². The fourth-order valence-electron chi connectivity index (χ4n) is 3.92. The maximum absolute atomic E-state index is 2.44. The molecule has 0 aliphatic carbocycles. The molecule has 0 saturated carbocycles. The molecule has 3 aromatic rings. The Bertz CT molecular complexity index is 668. The second kappa shape index (κ2) is 9.15. The molecule has 0 aliphatic heterocycles. The van der Waals surface area contributed by atoms with Crippen LogP contribution in [0, 0.1) is 5.92 Å². The molecule has 1 heteroatoms. The van der Waals surface area contributed by atoms with Gasteiger partial charge in [-0.25, -0.2) is 0 Å². The highest BCUT2D eigenvalue weighted by Crippen LogP contribution is 2.56. The first-order valence-corrected chi connectivity index (χ1v) is 11.8. The normalized spacial score (nSPS) is 12.7. The lowest BCUT2D eigenvalue weighted by atomic mass is 10.1. The summed E-state index contributed by atoms with van der Waals surface area (Å²) in [7, 11) is -1.65. The van der Waals surface area contributed by atoms with Crippen LogP contribution < -0.4 is 15.9 Å². The Hall–Kier alpha value is -1.91. The van der Waals surface area contributed by atoms with Gasteiger partial charge in [-0.3, -0.25) is 0 Å². The number of unbranched alkanes of at least 4 members (excludes halogenated alkanes) is 1. The van der Waals surface area contributed by atoms with Gasteiger partial charge < -0.3 is 0 Å². The highest BCUT2D eigenvalue weighted by molar-refractivity contribution is 7.95. The highest BCUT2D eigenvalue weighted by Gasteiger charge is 2.45. The number of hydrogen-bond donors (Lipinski definition) is 0. The van der Waals surface area contributed by atoms with Crippen molar-refractivity contribution < 1.29 is 0 Å². The zero-order valence-corrected chi connectivity index (χ0v) is 16.9. The first-order chi connectivity index (χ1) is 12.8. The third-order valence-electron chi connectivity index (χ3n) is 5.23. The molecular formula is C25H30P+. The molecule has 134 valence electrons. The summed E-state index contributed by atoms with van der Waals surface area (Å²) in [6.07, 6.45) is 5.15. The minimum Gasteiger partial charge on any atom is -0.0654 e. The van der Waals surface area contributed by atoms with E-state index in [0.29, 0.717) is 5.92 Å². The van der Waals surface area contributed by atoms with Gasteiger partial charge >= 0.3 is 0 Å². The van der Waals surface area contributed by atoms with Crippen LogP contribution in [0.25, 0.3) is 0 Å². The van der Waals surface area contributed by atoms with Crippen LogP contribution in [0.15, 0.2) is 91.0 Å². The van der Waals surface area contributed by atoms with Gasteiger partial charge in [0, 0.05) is 0 Å². The number of benzene rings is 3. The summed E-state index contributed by atoms with van der Waals surface area (Å²) in [6, 6.07) is 33.7. The van der Waals surface area contributed by atoms with E-state index in [4.69, 9.17) is 0 Å². The third-order valence-corrected chi connectivity index (χ3v) is 9.94. The molecule has 0 fully saturated rings. The van der Waals surface area contributed by atoms with Crippen LogP contribution in [-0.4, -0.2) is 6.16 Å². The SMILES string of the molecule is CCCCC(C)C[P+](c1ccccc1)(c1ccccc1)c1ccccc1. The van der Waals surface area contributed by atoms with Crippen molar-refractivity contribution in [1.82, 2.24) is 0 Å². The van der Waals surface area contributed by atoms with E-state index in [9.17, 15) is 0 Å².